The molecule has 0 heterocycles. The van der Waals surface area contributed by atoms with Gasteiger partial charge in [0.05, 0.1) is 0 Å². The normalized spacial score (nSPS) is 24.3. The topological polar surface area (TPSA) is 26.3 Å². The van der Waals surface area contributed by atoms with Gasteiger partial charge in [-0.25, -0.2) is 0 Å². The second kappa shape index (κ2) is 5.51. The number of carbonyl (C=O) groups excluding carboxylic acids is 1. The Hall–Kier alpha value is -0.370. The highest BCUT2D eigenvalue weighted by Gasteiger charge is 2.45. The van der Waals surface area contributed by atoms with Crippen molar-refractivity contribution < 1.29 is 9.53 Å². The van der Waals surface area contributed by atoms with Gasteiger partial charge in [-0.15, -0.1) is 0 Å². The molecule has 1 unspecified atom stereocenters. The van der Waals surface area contributed by atoms with Gasteiger partial charge in [0.15, 0.2) is 5.78 Å². The third kappa shape index (κ3) is 3.31. The van der Waals surface area contributed by atoms with Crippen LogP contribution in [0.15, 0.2) is 0 Å². The van der Waals surface area contributed by atoms with Crippen LogP contribution in [0.2, 0.25) is 0 Å². The number of carbonyl (C=O) groups is 1. The maximum Gasteiger partial charge on any atom is 0.167 e. The molecule has 1 rings (SSSR count). The molecule has 17 heavy (non-hydrogen) atoms. The van der Waals surface area contributed by atoms with E-state index in [0.717, 1.165) is 32.1 Å². The molecule has 1 aliphatic carbocycles. The zero-order valence-corrected chi connectivity index (χ0v) is 12.1. The van der Waals surface area contributed by atoms with Crippen molar-refractivity contribution in [1.82, 2.24) is 0 Å². The lowest BCUT2D eigenvalue weighted by atomic mass is 9.68. The number of ether oxygens (including phenoxy) is 1. The fraction of sp³-hybridized carbons (Fsp3) is 0.933. The molecule has 1 saturated carbocycles. The Morgan fingerprint density at radius 1 is 1.18 bits per heavy atom. The van der Waals surface area contributed by atoms with Crippen LogP contribution in [0.5, 0.6) is 0 Å². The van der Waals surface area contributed by atoms with Crippen LogP contribution in [0.3, 0.4) is 0 Å². The molecule has 2 heteroatoms. The molecule has 0 aliphatic heterocycles. The minimum absolute atomic E-state index is 0.128. The molecule has 0 bridgehead atoms. The van der Waals surface area contributed by atoms with Crippen LogP contribution in [0.25, 0.3) is 0 Å². The summed E-state index contributed by atoms with van der Waals surface area (Å²) in [5.41, 5.74) is -0.101. The largest absolute Gasteiger partial charge is 0.367 e. The lowest BCUT2D eigenvalue weighted by molar-refractivity contribution is -0.156. The summed E-state index contributed by atoms with van der Waals surface area (Å²) in [5.74, 6) is 0.458. The second-order valence-electron chi connectivity index (χ2n) is 6.27. The summed E-state index contributed by atoms with van der Waals surface area (Å²) in [6.07, 6.45) is 4.90. The first kappa shape index (κ1) is 14.7. The van der Waals surface area contributed by atoms with E-state index in [-0.39, 0.29) is 5.92 Å². The Balaban J connectivity index is 2.81. The standard InChI is InChI=1S/C15H28O2/c1-6-12(3)13(16)15(17-7-2)10-8-14(4,5)9-11-15/h12H,6-11H2,1-5H3. The molecule has 0 N–H and O–H groups in total. The number of hydrogen-bond acceptors (Lipinski definition) is 2. The Morgan fingerprint density at radius 3 is 2.12 bits per heavy atom. The average Bonchev–Trinajstić information content (AvgIpc) is 2.30. The van der Waals surface area contributed by atoms with Crippen molar-refractivity contribution in [3.63, 3.8) is 0 Å². The van der Waals surface area contributed by atoms with E-state index in [1.807, 2.05) is 13.8 Å². The van der Waals surface area contributed by atoms with Gasteiger partial charge >= 0.3 is 0 Å². The van der Waals surface area contributed by atoms with Gasteiger partial charge in [-0.05, 0) is 44.4 Å². The van der Waals surface area contributed by atoms with Gasteiger partial charge in [0, 0.05) is 12.5 Å². The second-order valence-corrected chi connectivity index (χ2v) is 6.27. The first-order chi connectivity index (χ1) is 7.87. The molecule has 1 fully saturated rings. The van der Waals surface area contributed by atoms with Crippen molar-refractivity contribution in [1.29, 1.82) is 0 Å². The zero-order chi connectivity index (χ0) is 13.1. The number of Topliss-reactive ketones (excluding diaryl/α,β-unsaturated/α-hetero) is 1. The Labute approximate surface area is 106 Å². The molecular weight excluding hydrogens is 212 g/mol. The van der Waals surface area contributed by atoms with E-state index in [1.165, 1.54) is 0 Å². The first-order valence-corrected chi connectivity index (χ1v) is 7.05. The molecule has 100 valence electrons. The lowest BCUT2D eigenvalue weighted by Gasteiger charge is -2.43. The zero-order valence-electron chi connectivity index (χ0n) is 12.1. The summed E-state index contributed by atoms with van der Waals surface area (Å²) >= 11 is 0. The molecule has 1 aliphatic rings. The maximum absolute atomic E-state index is 12.5. The van der Waals surface area contributed by atoms with Gasteiger partial charge in [0.25, 0.3) is 0 Å². The number of hydrogen-bond donors (Lipinski definition) is 0. The van der Waals surface area contributed by atoms with Gasteiger partial charge in [-0.3, -0.25) is 4.79 Å². The van der Waals surface area contributed by atoms with Crippen LogP contribution in [0, 0.1) is 11.3 Å². The SMILES string of the molecule is CCOC1(C(=O)C(C)CC)CCC(C)(C)CC1. The fourth-order valence-electron chi connectivity index (χ4n) is 2.70. The molecule has 0 spiro atoms. The molecular formula is C15H28O2. The van der Waals surface area contributed by atoms with Crippen molar-refractivity contribution in [3.8, 4) is 0 Å². The fourth-order valence-corrected chi connectivity index (χ4v) is 2.70. The van der Waals surface area contributed by atoms with E-state index < -0.39 is 5.60 Å². The highest BCUT2D eigenvalue weighted by molar-refractivity contribution is 5.89. The van der Waals surface area contributed by atoms with Crippen molar-refractivity contribution >= 4 is 5.78 Å². The lowest BCUT2D eigenvalue weighted by Crippen LogP contribution is -2.48. The van der Waals surface area contributed by atoms with Gasteiger partial charge in [-0.1, -0.05) is 27.7 Å². The van der Waals surface area contributed by atoms with E-state index in [9.17, 15) is 4.79 Å². The van der Waals surface area contributed by atoms with E-state index in [4.69, 9.17) is 4.74 Å². The van der Waals surface area contributed by atoms with Crippen molar-refractivity contribution in [2.24, 2.45) is 11.3 Å². The molecule has 0 aromatic rings. The Morgan fingerprint density at radius 2 is 1.71 bits per heavy atom. The van der Waals surface area contributed by atoms with Gasteiger partial charge in [0.2, 0.25) is 0 Å². The van der Waals surface area contributed by atoms with Crippen LogP contribution in [0.4, 0.5) is 0 Å². The predicted octanol–water partition coefficient (Wildman–Crippen LogP) is 3.98. The molecule has 0 radical (unpaired) electrons. The van der Waals surface area contributed by atoms with Crippen molar-refractivity contribution in [2.45, 2.75) is 72.3 Å². The van der Waals surface area contributed by atoms with Gasteiger partial charge in [-0.2, -0.15) is 0 Å². The summed E-state index contributed by atoms with van der Waals surface area (Å²) in [4.78, 5) is 12.5. The quantitative estimate of drug-likeness (QED) is 0.726. The smallest absolute Gasteiger partial charge is 0.167 e. The summed E-state index contributed by atoms with van der Waals surface area (Å²) in [7, 11) is 0. The molecule has 2 nitrogen and oxygen atoms in total. The highest BCUT2D eigenvalue weighted by atomic mass is 16.5. The highest BCUT2D eigenvalue weighted by Crippen LogP contribution is 2.43. The van der Waals surface area contributed by atoms with Crippen LogP contribution >= 0.6 is 0 Å². The summed E-state index contributed by atoms with van der Waals surface area (Å²) in [5, 5.41) is 0. The average molecular weight is 240 g/mol. The Bertz CT molecular complexity index is 258. The summed E-state index contributed by atoms with van der Waals surface area (Å²) < 4.78 is 5.90. The van der Waals surface area contributed by atoms with Gasteiger partial charge < -0.3 is 4.74 Å². The Kier molecular flexibility index (Phi) is 4.77. The maximum atomic E-state index is 12.5. The first-order valence-electron chi connectivity index (χ1n) is 7.05. The van der Waals surface area contributed by atoms with Crippen LogP contribution in [-0.4, -0.2) is 18.0 Å². The number of ketones is 1. The minimum Gasteiger partial charge on any atom is -0.367 e. The van der Waals surface area contributed by atoms with Crippen LogP contribution < -0.4 is 0 Å². The van der Waals surface area contributed by atoms with E-state index in [1.54, 1.807) is 0 Å². The van der Waals surface area contributed by atoms with Crippen molar-refractivity contribution in [3.05, 3.63) is 0 Å². The minimum atomic E-state index is -0.473. The molecule has 0 saturated heterocycles. The van der Waals surface area contributed by atoms with Gasteiger partial charge in [0.1, 0.15) is 5.60 Å². The summed E-state index contributed by atoms with van der Waals surface area (Å²) in [6.45, 7) is 11.3. The number of rotatable bonds is 5. The van der Waals surface area contributed by atoms with Crippen LogP contribution in [0.1, 0.15) is 66.7 Å². The van der Waals surface area contributed by atoms with E-state index in [2.05, 4.69) is 20.8 Å². The van der Waals surface area contributed by atoms with Crippen molar-refractivity contribution in [2.75, 3.05) is 6.61 Å². The molecule has 0 aromatic carbocycles. The van der Waals surface area contributed by atoms with E-state index in [0.29, 0.717) is 17.8 Å². The third-order valence-electron chi connectivity index (χ3n) is 4.34. The predicted molar refractivity (Wildman–Crippen MR) is 71.1 cm³/mol. The monoisotopic (exact) mass is 240 g/mol. The molecule has 1 atom stereocenters. The molecule has 0 aromatic heterocycles. The molecule has 0 amide bonds. The third-order valence-corrected chi connectivity index (χ3v) is 4.34. The van der Waals surface area contributed by atoms with Crippen LogP contribution in [-0.2, 0) is 9.53 Å². The van der Waals surface area contributed by atoms with E-state index >= 15 is 0 Å². The summed E-state index contributed by atoms with van der Waals surface area (Å²) in [6, 6.07) is 0.